The molecule has 0 amide bonds. The fraction of sp³-hybridized carbons (Fsp3) is 1.00. The first-order valence-electron chi connectivity index (χ1n) is 8.58. The molecule has 1 unspecified atom stereocenters. The summed E-state index contributed by atoms with van der Waals surface area (Å²) in [5.41, 5.74) is 0. The Bertz CT molecular complexity index is 213. The van der Waals surface area contributed by atoms with Gasteiger partial charge in [-0.05, 0) is 6.42 Å². The van der Waals surface area contributed by atoms with Crippen molar-refractivity contribution in [3.63, 3.8) is 0 Å². The van der Waals surface area contributed by atoms with Crippen molar-refractivity contribution in [1.29, 1.82) is 0 Å². The van der Waals surface area contributed by atoms with Crippen molar-refractivity contribution in [2.75, 3.05) is 33.8 Å². The number of nitrogens with zero attached hydrogens (tertiary/aromatic N) is 1. The highest BCUT2D eigenvalue weighted by Crippen LogP contribution is 2.16. The van der Waals surface area contributed by atoms with Gasteiger partial charge in [-0.25, -0.2) is 0 Å². The molecule has 0 aliphatic rings. The minimum atomic E-state index is 0. The van der Waals surface area contributed by atoms with Crippen LogP contribution in [-0.4, -0.2) is 48.8 Å². The molecular formula is C17H37Cl2NO. The van der Waals surface area contributed by atoms with Crippen LogP contribution in [0.2, 0.25) is 0 Å². The Morgan fingerprint density at radius 1 is 0.857 bits per heavy atom. The van der Waals surface area contributed by atoms with Gasteiger partial charge in [-0.15, -0.1) is 11.6 Å². The van der Waals surface area contributed by atoms with Crippen molar-refractivity contribution >= 4 is 11.6 Å². The molecule has 0 spiro atoms. The van der Waals surface area contributed by atoms with E-state index in [1.54, 1.807) is 0 Å². The standard InChI is InChI=1S/C17H37ClNO.ClH/c1-4-5-6-7-8-9-10-12-17(18)13-15-19(2,3)14-11-16-20;/h17,20H,4-16H2,1-3H3;1H/q+1;/p-1. The van der Waals surface area contributed by atoms with Crippen LogP contribution < -0.4 is 12.4 Å². The van der Waals surface area contributed by atoms with Crippen molar-refractivity contribution in [2.45, 2.75) is 76.5 Å². The molecule has 2 nitrogen and oxygen atoms in total. The largest absolute Gasteiger partial charge is 1.00 e. The van der Waals surface area contributed by atoms with Gasteiger partial charge in [0.15, 0.2) is 0 Å². The van der Waals surface area contributed by atoms with E-state index in [1.807, 2.05) is 0 Å². The fourth-order valence-electron chi connectivity index (χ4n) is 2.57. The van der Waals surface area contributed by atoms with E-state index in [9.17, 15) is 0 Å². The van der Waals surface area contributed by atoms with Crippen LogP contribution in [-0.2, 0) is 0 Å². The van der Waals surface area contributed by atoms with Gasteiger partial charge >= 0.3 is 0 Å². The molecule has 0 bridgehead atoms. The van der Waals surface area contributed by atoms with E-state index < -0.39 is 0 Å². The van der Waals surface area contributed by atoms with Crippen molar-refractivity contribution < 1.29 is 22.0 Å². The van der Waals surface area contributed by atoms with E-state index in [0.717, 1.165) is 36.8 Å². The maximum atomic E-state index is 8.89. The van der Waals surface area contributed by atoms with E-state index in [1.165, 1.54) is 44.9 Å². The maximum absolute atomic E-state index is 8.89. The van der Waals surface area contributed by atoms with Crippen LogP contribution in [0.25, 0.3) is 0 Å². The number of aliphatic hydroxyl groups is 1. The number of hydrogen-bond donors (Lipinski definition) is 1. The Labute approximate surface area is 144 Å². The van der Waals surface area contributed by atoms with Crippen LogP contribution in [0, 0.1) is 0 Å². The number of aliphatic hydroxyl groups excluding tert-OH is 1. The molecule has 1 N–H and O–H groups in total. The van der Waals surface area contributed by atoms with Crippen LogP contribution in [0.3, 0.4) is 0 Å². The van der Waals surface area contributed by atoms with Crippen LogP contribution >= 0.6 is 11.6 Å². The molecule has 0 saturated carbocycles. The first kappa shape index (κ1) is 23.8. The minimum Gasteiger partial charge on any atom is -1.00 e. The molecule has 0 rings (SSSR count). The van der Waals surface area contributed by atoms with Crippen LogP contribution in [0.5, 0.6) is 0 Å². The van der Waals surface area contributed by atoms with Gasteiger partial charge in [-0.3, -0.25) is 0 Å². The van der Waals surface area contributed by atoms with Crippen molar-refractivity contribution in [3.05, 3.63) is 0 Å². The topological polar surface area (TPSA) is 20.2 Å². The van der Waals surface area contributed by atoms with E-state index in [4.69, 9.17) is 16.7 Å². The second-order valence-electron chi connectivity index (χ2n) is 6.76. The highest BCUT2D eigenvalue weighted by molar-refractivity contribution is 6.20. The third-order valence-electron chi connectivity index (χ3n) is 4.09. The molecular weight excluding hydrogens is 305 g/mol. The molecule has 0 saturated heterocycles. The van der Waals surface area contributed by atoms with E-state index in [2.05, 4.69) is 21.0 Å². The Kier molecular flexibility index (Phi) is 17.4. The smallest absolute Gasteiger partial charge is 0.0804 e. The van der Waals surface area contributed by atoms with Gasteiger partial charge in [-0.2, -0.15) is 0 Å². The van der Waals surface area contributed by atoms with E-state index >= 15 is 0 Å². The predicted molar refractivity (Wildman–Crippen MR) is 90.4 cm³/mol. The monoisotopic (exact) mass is 341 g/mol. The zero-order chi connectivity index (χ0) is 15.3. The van der Waals surface area contributed by atoms with Crippen LogP contribution in [0.1, 0.15) is 71.1 Å². The van der Waals surface area contributed by atoms with Gasteiger partial charge in [0.2, 0.25) is 0 Å². The van der Waals surface area contributed by atoms with Gasteiger partial charge in [0, 0.05) is 24.8 Å². The average molecular weight is 342 g/mol. The lowest BCUT2D eigenvalue weighted by molar-refractivity contribution is -0.890. The summed E-state index contributed by atoms with van der Waals surface area (Å²) in [5.74, 6) is 0. The Hall–Kier alpha value is 0.500. The molecule has 0 aliphatic carbocycles. The zero-order valence-electron chi connectivity index (χ0n) is 14.4. The lowest BCUT2D eigenvalue weighted by atomic mass is 10.1. The summed E-state index contributed by atoms with van der Waals surface area (Å²) >= 11 is 6.42. The minimum absolute atomic E-state index is 0. The third kappa shape index (κ3) is 16.7. The van der Waals surface area contributed by atoms with Crippen molar-refractivity contribution in [2.24, 2.45) is 0 Å². The first-order chi connectivity index (χ1) is 9.52. The highest BCUT2D eigenvalue weighted by Gasteiger charge is 2.16. The molecule has 0 aromatic heterocycles. The maximum Gasteiger partial charge on any atom is 0.0804 e. The van der Waals surface area contributed by atoms with Gasteiger partial charge in [0.05, 0.1) is 27.2 Å². The molecule has 0 aromatic carbocycles. The molecule has 0 aromatic rings. The summed E-state index contributed by atoms with van der Waals surface area (Å²) in [5, 5.41) is 9.22. The summed E-state index contributed by atoms with van der Waals surface area (Å²) in [4.78, 5) is 0. The molecule has 0 heterocycles. The molecule has 1 atom stereocenters. The number of alkyl halides is 1. The van der Waals surface area contributed by atoms with E-state index in [-0.39, 0.29) is 12.4 Å². The van der Waals surface area contributed by atoms with Crippen LogP contribution in [0.15, 0.2) is 0 Å². The first-order valence-corrected chi connectivity index (χ1v) is 9.02. The Morgan fingerprint density at radius 3 is 2.00 bits per heavy atom. The number of hydrogen-bond acceptors (Lipinski definition) is 1. The van der Waals surface area contributed by atoms with Crippen molar-refractivity contribution in [3.8, 4) is 0 Å². The van der Waals surface area contributed by atoms with Crippen LogP contribution in [0.4, 0.5) is 0 Å². The second kappa shape index (κ2) is 15.4. The lowest BCUT2D eigenvalue weighted by Gasteiger charge is -2.30. The third-order valence-corrected chi connectivity index (χ3v) is 4.53. The van der Waals surface area contributed by atoms with Gasteiger partial charge in [-0.1, -0.05) is 51.9 Å². The number of quaternary nitrogens is 1. The quantitative estimate of drug-likeness (QED) is 0.289. The van der Waals surface area contributed by atoms with Gasteiger partial charge in [0.1, 0.15) is 0 Å². The highest BCUT2D eigenvalue weighted by atomic mass is 35.5. The normalized spacial score (nSPS) is 13.0. The number of rotatable bonds is 14. The lowest BCUT2D eigenvalue weighted by Crippen LogP contribution is -3.00. The van der Waals surface area contributed by atoms with E-state index in [0.29, 0.717) is 12.0 Å². The predicted octanol–water partition coefficient (Wildman–Crippen LogP) is 1.59. The number of unbranched alkanes of at least 4 members (excludes halogenated alkanes) is 6. The molecule has 0 radical (unpaired) electrons. The zero-order valence-corrected chi connectivity index (χ0v) is 15.9. The summed E-state index contributed by atoms with van der Waals surface area (Å²) in [6.45, 7) is 4.71. The van der Waals surface area contributed by atoms with Crippen molar-refractivity contribution in [1.82, 2.24) is 0 Å². The average Bonchev–Trinajstić information content (AvgIpc) is 2.42. The fourth-order valence-corrected chi connectivity index (χ4v) is 2.82. The van der Waals surface area contributed by atoms with Gasteiger partial charge < -0.3 is 22.0 Å². The molecule has 4 heteroatoms. The second-order valence-corrected chi connectivity index (χ2v) is 7.37. The molecule has 0 aliphatic heterocycles. The summed E-state index contributed by atoms with van der Waals surface area (Å²) in [7, 11) is 4.46. The molecule has 21 heavy (non-hydrogen) atoms. The molecule has 0 fully saturated rings. The SMILES string of the molecule is CCCCCCCCCC(Cl)CC[N+](C)(C)CCCO.[Cl-]. The summed E-state index contributed by atoms with van der Waals surface area (Å²) < 4.78 is 0.973. The summed E-state index contributed by atoms with van der Waals surface area (Å²) in [6.07, 6.45) is 12.7. The molecule has 130 valence electrons. The Morgan fingerprint density at radius 2 is 1.43 bits per heavy atom. The number of halogens is 2. The summed E-state index contributed by atoms with van der Waals surface area (Å²) in [6, 6.07) is 0. The Balaban J connectivity index is 0. The van der Waals surface area contributed by atoms with Gasteiger partial charge in [0.25, 0.3) is 0 Å².